The molecular formula is C41H47NO8. The average Bonchev–Trinajstić information content (AvgIpc) is 3.61. The molecule has 9 heteroatoms. The number of aliphatic hydroxyl groups is 1. The fraction of sp³-hybridized carbons (Fsp3) is 0.390. The van der Waals surface area contributed by atoms with Gasteiger partial charge >= 0.3 is 0 Å². The lowest BCUT2D eigenvalue weighted by Gasteiger charge is -2.47. The molecule has 0 bridgehead atoms. The predicted molar refractivity (Wildman–Crippen MR) is 190 cm³/mol. The van der Waals surface area contributed by atoms with Crippen LogP contribution >= 0.6 is 0 Å². The topological polar surface area (TPSA) is 163 Å². The van der Waals surface area contributed by atoms with E-state index in [0.717, 1.165) is 48.8 Å². The number of phenolic OH excluding ortho intramolecular Hbond substituents is 4. The summed E-state index contributed by atoms with van der Waals surface area (Å²) in [6.07, 6.45) is 5.61. The van der Waals surface area contributed by atoms with E-state index >= 15 is 0 Å². The van der Waals surface area contributed by atoms with Gasteiger partial charge in [-0.2, -0.15) is 0 Å². The van der Waals surface area contributed by atoms with Crippen LogP contribution in [-0.4, -0.2) is 44.2 Å². The molecule has 2 aliphatic rings. The molecule has 0 heterocycles. The van der Waals surface area contributed by atoms with Gasteiger partial charge in [-0.1, -0.05) is 61.4 Å². The number of carbonyl (C=O) groups is 1. The maximum absolute atomic E-state index is 13.2. The minimum Gasteiger partial charge on any atom is -0.508 e. The van der Waals surface area contributed by atoms with Crippen molar-refractivity contribution in [1.82, 2.24) is 0 Å². The SMILES string of the molecule is NCOc1cc(CCC(=O)CC(O)CC2c3cc(O)c(O)c(OCc4cccc(O)c4)c3CCC2C2(c3ccccc3)CCCC2)ccc1O. The smallest absolute Gasteiger partial charge is 0.200 e. The van der Waals surface area contributed by atoms with Gasteiger partial charge in [0.2, 0.25) is 5.75 Å². The number of aliphatic hydroxyl groups excluding tert-OH is 1. The molecule has 50 heavy (non-hydrogen) atoms. The van der Waals surface area contributed by atoms with Gasteiger partial charge in [-0.15, -0.1) is 0 Å². The molecule has 9 nitrogen and oxygen atoms in total. The highest BCUT2D eigenvalue weighted by atomic mass is 16.5. The van der Waals surface area contributed by atoms with Gasteiger partial charge in [0.15, 0.2) is 23.0 Å². The van der Waals surface area contributed by atoms with Gasteiger partial charge in [0, 0.05) is 18.4 Å². The van der Waals surface area contributed by atoms with Crippen LogP contribution in [0.1, 0.15) is 85.1 Å². The van der Waals surface area contributed by atoms with Crippen LogP contribution in [0.15, 0.2) is 78.9 Å². The van der Waals surface area contributed by atoms with Gasteiger partial charge in [0.1, 0.15) is 24.9 Å². The van der Waals surface area contributed by atoms with Gasteiger partial charge in [-0.3, -0.25) is 10.5 Å². The van der Waals surface area contributed by atoms with Crippen LogP contribution in [0, 0.1) is 5.92 Å². The van der Waals surface area contributed by atoms with Crippen molar-refractivity contribution < 1.29 is 39.8 Å². The highest BCUT2D eigenvalue weighted by Gasteiger charge is 2.49. The predicted octanol–water partition coefficient (Wildman–Crippen LogP) is 6.88. The van der Waals surface area contributed by atoms with Crippen LogP contribution in [0.3, 0.4) is 0 Å². The lowest BCUT2D eigenvalue weighted by atomic mass is 9.57. The Bertz CT molecular complexity index is 1790. The number of fused-ring (bicyclic) bond motifs is 1. The number of ketones is 1. The van der Waals surface area contributed by atoms with Gasteiger partial charge in [-0.05, 0) is 108 Å². The zero-order valence-electron chi connectivity index (χ0n) is 28.3. The first-order chi connectivity index (χ1) is 24.2. The van der Waals surface area contributed by atoms with Crippen LogP contribution in [0.4, 0.5) is 0 Å². The molecule has 0 radical (unpaired) electrons. The summed E-state index contributed by atoms with van der Waals surface area (Å²) in [6.45, 7) is -0.000521. The Balaban J connectivity index is 1.28. The number of ether oxygens (including phenoxy) is 2. The van der Waals surface area contributed by atoms with Crippen molar-refractivity contribution in [3.8, 4) is 34.5 Å². The molecule has 0 spiro atoms. The molecule has 0 aliphatic heterocycles. The third-order valence-electron chi connectivity index (χ3n) is 10.8. The lowest BCUT2D eigenvalue weighted by Crippen LogP contribution is -2.40. The van der Waals surface area contributed by atoms with Gasteiger partial charge in [0.05, 0.1) is 6.10 Å². The number of nitrogens with two attached hydrogens (primary N) is 1. The van der Waals surface area contributed by atoms with E-state index < -0.39 is 6.10 Å². The fourth-order valence-corrected chi connectivity index (χ4v) is 8.50. The number of hydrogen-bond acceptors (Lipinski definition) is 9. The summed E-state index contributed by atoms with van der Waals surface area (Å²) in [7, 11) is 0. The lowest BCUT2D eigenvalue weighted by molar-refractivity contribution is -0.121. The van der Waals surface area contributed by atoms with E-state index in [1.54, 1.807) is 36.4 Å². The van der Waals surface area contributed by atoms with Crippen molar-refractivity contribution in [2.75, 3.05) is 6.73 Å². The number of aryl methyl sites for hydroxylation is 1. The second-order valence-electron chi connectivity index (χ2n) is 13.8. The second kappa shape index (κ2) is 15.4. The zero-order chi connectivity index (χ0) is 35.3. The number of Topliss-reactive ketones (excluding diaryl/α,β-unsaturated/α-hetero) is 1. The monoisotopic (exact) mass is 681 g/mol. The van der Waals surface area contributed by atoms with Crippen molar-refractivity contribution in [2.24, 2.45) is 11.7 Å². The fourth-order valence-electron chi connectivity index (χ4n) is 8.50. The number of rotatable bonds is 14. The van der Waals surface area contributed by atoms with E-state index in [-0.39, 0.29) is 83.7 Å². The van der Waals surface area contributed by atoms with E-state index in [1.807, 2.05) is 12.1 Å². The van der Waals surface area contributed by atoms with E-state index in [9.17, 15) is 30.3 Å². The number of hydrogen-bond donors (Lipinski definition) is 6. The van der Waals surface area contributed by atoms with E-state index in [4.69, 9.17) is 15.2 Å². The minimum absolute atomic E-state index is 0.0218. The Morgan fingerprint density at radius 3 is 2.40 bits per heavy atom. The maximum Gasteiger partial charge on any atom is 0.200 e. The molecule has 3 unspecified atom stereocenters. The molecular weight excluding hydrogens is 634 g/mol. The highest BCUT2D eigenvalue weighted by molar-refractivity contribution is 5.79. The Morgan fingerprint density at radius 2 is 1.66 bits per heavy atom. The third-order valence-corrected chi connectivity index (χ3v) is 10.8. The summed E-state index contributed by atoms with van der Waals surface area (Å²) in [5.41, 5.74) is 9.76. The van der Waals surface area contributed by atoms with Gasteiger partial charge in [0.25, 0.3) is 0 Å². The first kappa shape index (κ1) is 35.1. The molecule has 1 fully saturated rings. The Hall–Kier alpha value is -4.73. The normalized spacial score (nSPS) is 18.7. The van der Waals surface area contributed by atoms with Crippen LogP contribution in [0.2, 0.25) is 0 Å². The van der Waals surface area contributed by atoms with E-state index in [0.29, 0.717) is 24.8 Å². The first-order valence-electron chi connectivity index (χ1n) is 17.6. The molecule has 4 aromatic rings. The van der Waals surface area contributed by atoms with Crippen molar-refractivity contribution in [1.29, 1.82) is 0 Å². The maximum atomic E-state index is 13.2. The Labute approximate surface area is 292 Å². The molecule has 3 atom stereocenters. The molecule has 0 saturated heterocycles. The van der Waals surface area contributed by atoms with Crippen LogP contribution in [-0.2, 0) is 29.7 Å². The minimum atomic E-state index is -0.932. The van der Waals surface area contributed by atoms with Crippen molar-refractivity contribution >= 4 is 5.78 Å². The average molecular weight is 682 g/mol. The first-order valence-corrected chi connectivity index (χ1v) is 17.6. The summed E-state index contributed by atoms with van der Waals surface area (Å²) in [5, 5.41) is 53.6. The number of carbonyl (C=O) groups excluding carboxylic acids is 1. The van der Waals surface area contributed by atoms with Crippen molar-refractivity contribution in [2.45, 2.75) is 88.3 Å². The number of aromatic hydroxyl groups is 4. The molecule has 7 N–H and O–H groups in total. The van der Waals surface area contributed by atoms with E-state index in [1.165, 1.54) is 11.6 Å². The van der Waals surface area contributed by atoms with Crippen LogP contribution < -0.4 is 15.2 Å². The molecule has 1 saturated carbocycles. The standard InChI is InChI=1S/C41H47NO8/c42-25-50-38-20-26(12-16-36(38)46)11-13-30(44)21-31(45)22-34-33-23-37(47)39(48)40(49-24-27-7-6-10-29(43)19-27)32(33)14-15-35(34)41(17-4-5-18-41)28-8-2-1-3-9-28/h1-3,6-10,12,16,19-20,23,31,34-35,43,45-48H,4-5,11,13-15,17-18,21-22,24-25,42H2. The van der Waals surface area contributed by atoms with Gasteiger partial charge in [-0.25, -0.2) is 0 Å². The largest absolute Gasteiger partial charge is 0.508 e. The summed E-state index contributed by atoms with van der Waals surface area (Å²) in [5.74, 6) is -0.248. The molecule has 2 aliphatic carbocycles. The third kappa shape index (κ3) is 7.54. The van der Waals surface area contributed by atoms with E-state index in [2.05, 4.69) is 24.3 Å². The molecule has 0 aromatic heterocycles. The summed E-state index contributed by atoms with van der Waals surface area (Å²) in [4.78, 5) is 13.2. The second-order valence-corrected chi connectivity index (χ2v) is 13.8. The molecule has 0 amide bonds. The Kier molecular flexibility index (Phi) is 10.8. The van der Waals surface area contributed by atoms with Crippen LogP contribution in [0.5, 0.6) is 34.5 Å². The molecule has 4 aromatic carbocycles. The Morgan fingerprint density at radius 1 is 0.880 bits per heavy atom. The molecule has 6 rings (SSSR count). The number of phenols is 4. The summed E-state index contributed by atoms with van der Waals surface area (Å²) in [6, 6.07) is 23.8. The number of benzene rings is 4. The van der Waals surface area contributed by atoms with Gasteiger partial charge < -0.3 is 35.0 Å². The van der Waals surface area contributed by atoms with Crippen molar-refractivity contribution in [3.63, 3.8) is 0 Å². The summed E-state index contributed by atoms with van der Waals surface area (Å²) < 4.78 is 11.5. The highest BCUT2D eigenvalue weighted by Crippen LogP contribution is 2.58. The van der Waals surface area contributed by atoms with Crippen molar-refractivity contribution in [3.05, 3.63) is 107 Å². The quantitative estimate of drug-likeness (QED) is 0.0615. The van der Waals surface area contributed by atoms with Crippen LogP contribution in [0.25, 0.3) is 0 Å². The molecule has 264 valence electrons. The zero-order valence-corrected chi connectivity index (χ0v) is 28.3. The summed E-state index contributed by atoms with van der Waals surface area (Å²) >= 11 is 0.